The third-order valence-corrected chi connectivity index (χ3v) is 5.32. The number of carboxylic acid groups (broad SMARTS) is 1. The quantitative estimate of drug-likeness (QED) is 0.0875. The van der Waals surface area contributed by atoms with Crippen LogP contribution in [-0.2, 0) is 25.6 Å². The van der Waals surface area contributed by atoms with Crippen molar-refractivity contribution in [2.45, 2.75) is 70.6 Å². The van der Waals surface area contributed by atoms with Crippen LogP contribution in [0.15, 0.2) is 30.3 Å². The van der Waals surface area contributed by atoms with Crippen LogP contribution in [0.4, 0.5) is 0 Å². The van der Waals surface area contributed by atoms with Crippen molar-refractivity contribution in [1.82, 2.24) is 21.3 Å². The van der Waals surface area contributed by atoms with Crippen LogP contribution in [-0.4, -0.2) is 65.5 Å². The third-order valence-electron chi connectivity index (χ3n) is 5.32. The van der Waals surface area contributed by atoms with E-state index in [9.17, 15) is 19.2 Å². The van der Waals surface area contributed by atoms with Crippen molar-refractivity contribution in [3.05, 3.63) is 35.9 Å². The first-order chi connectivity index (χ1) is 16.9. The van der Waals surface area contributed by atoms with Crippen LogP contribution in [0.25, 0.3) is 0 Å². The molecular weight excluding hydrogens is 466 g/mol. The molecule has 1 rings (SSSR count). The van der Waals surface area contributed by atoms with Crippen LogP contribution in [0.2, 0.25) is 0 Å². The summed E-state index contributed by atoms with van der Waals surface area (Å²) >= 11 is 0. The van der Waals surface area contributed by atoms with Crippen LogP contribution in [0, 0.1) is 11.3 Å². The molecule has 200 valence electrons. The summed E-state index contributed by atoms with van der Waals surface area (Å²) in [6.07, 6.45) is 1.12. The van der Waals surface area contributed by atoms with Crippen molar-refractivity contribution < 1.29 is 24.3 Å². The number of guanidine groups is 1. The van der Waals surface area contributed by atoms with Gasteiger partial charge in [-0.1, -0.05) is 44.2 Å². The summed E-state index contributed by atoms with van der Waals surface area (Å²) in [5.74, 6) is -3.14. The van der Waals surface area contributed by atoms with Gasteiger partial charge in [0.15, 0.2) is 5.96 Å². The molecule has 0 heterocycles. The molecule has 10 N–H and O–H groups in total. The van der Waals surface area contributed by atoms with Crippen LogP contribution < -0.4 is 32.7 Å². The monoisotopic (exact) mass is 505 g/mol. The first-order valence-corrected chi connectivity index (χ1v) is 11.9. The van der Waals surface area contributed by atoms with E-state index in [1.807, 2.05) is 44.2 Å². The number of nitrogens with two attached hydrogens (primary N) is 2. The zero-order valence-electron chi connectivity index (χ0n) is 21.0. The summed E-state index contributed by atoms with van der Waals surface area (Å²) < 4.78 is 0. The topological polar surface area (TPSA) is 213 Å². The van der Waals surface area contributed by atoms with Crippen molar-refractivity contribution in [3.8, 4) is 0 Å². The van der Waals surface area contributed by atoms with Crippen molar-refractivity contribution in [3.63, 3.8) is 0 Å². The fourth-order valence-corrected chi connectivity index (χ4v) is 3.39. The predicted molar refractivity (Wildman–Crippen MR) is 136 cm³/mol. The van der Waals surface area contributed by atoms with E-state index in [1.165, 1.54) is 6.92 Å². The highest BCUT2D eigenvalue weighted by atomic mass is 16.4. The average molecular weight is 506 g/mol. The van der Waals surface area contributed by atoms with Crippen LogP contribution >= 0.6 is 0 Å². The van der Waals surface area contributed by atoms with Gasteiger partial charge in [0.2, 0.25) is 17.7 Å². The molecule has 1 aromatic rings. The molecule has 0 fully saturated rings. The minimum atomic E-state index is -1.22. The van der Waals surface area contributed by atoms with Gasteiger partial charge in [-0.05, 0) is 44.1 Å². The second-order valence-electron chi connectivity index (χ2n) is 9.10. The van der Waals surface area contributed by atoms with Gasteiger partial charge in [0.05, 0.1) is 6.04 Å². The molecule has 3 amide bonds. The fourth-order valence-electron chi connectivity index (χ4n) is 3.39. The number of benzene rings is 1. The Morgan fingerprint density at radius 3 is 2.08 bits per heavy atom. The van der Waals surface area contributed by atoms with Crippen molar-refractivity contribution >= 4 is 29.7 Å². The van der Waals surface area contributed by atoms with Gasteiger partial charge < -0.3 is 37.8 Å². The Hall–Kier alpha value is -3.67. The molecule has 0 saturated heterocycles. The minimum absolute atomic E-state index is 0.0467. The summed E-state index contributed by atoms with van der Waals surface area (Å²) in [5, 5.41) is 26.6. The third kappa shape index (κ3) is 11.6. The van der Waals surface area contributed by atoms with E-state index in [-0.39, 0.29) is 24.8 Å². The normalized spacial score (nSPS) is 14.1. The Bertz CT molecular complexity index is 894. The predicted octanol–water partition coefficient (Wildman–Crippen LogP) is -0.575. The Balaban J connectivity index is 2.91. The molecule has 12 heteroatoms. The Morgan fingerprint density at radius 2 is 1.53 bits per heavy atom. The lowest BCUT2D eigenvalue weighted by Gasteiger charge is -2.26. The Labute approximate surface area is 211 Å². The summed E-state index contributed by atoms with van der Waals surface area (Å²) in [6.45, 7) is 5.38. The van der Waals surface area contributed by atoms with E-state index in [2.05, 4.69) is 21.3 Å². The zero-order chi connectivity index (χ0) is 27.3. The molecule has 0 aliphatic heterocycles. The number of nitrogens with one attached hydrogen (secondary N) is 5. The lowest BCUT2D eigenvalue weighted by atomic mass is 10.0. The lowest BCUT2D eigenvalue weighted by molar-refractivity contribution is -0.141. The molecule has 1 aromatic carbocycles. The maximum absolute atomic E-state index is 13.1. The minimum Gasteiger partial charge on any atom is -0.480 e. The van der Waals surface area contributed by atoms with Crippen molar-refractivity contribution in [2.24, 2.45) is 17.4 Å². The zero-order valence-corrected chi connectivity index (χ0v) is 21.0. The molecule has 0 aliphatic rings. The highest BCUT2D eigenvalue weighted by molar-refractivity contribution is 5.94. The molecule has 36 heavy (non-hydrogen) atoms. The maximum atomic E-state index is 13.1. The standard InChI is InChI=1S/C24H39N7O5/c1-14(2)12-19(31-20(32)17(25)13-16-8-5-4-6-9-16)22(34)30-18(10-7-11-28-24(26)27)21(33)29-15(3)23(35)36/h4-6,8-9,14-15,17-19H,7,10-13,25H2,1-3H3,(H,29,33)(H,30,34)(H,31,32)(H,35,36)(H4,26,27,28)/t15-,17-,18-,19-/m0/s1. The number of hydrogen-bond donors (Lipinski definition) is 8. The van der Waals surface area contributed by atoms with Crippen LogP contribution in [0.1, 0.15) is 45.6 Å². The van der Waals surface area contributed by atoms with Gasteiger partial charge in [-0.3, -0.25) is 24.6 Å². The summed E-state index contributed by atoms with van der Waals surface area (Å²) in [4.78, 5) is 49.8. The number of hydrogen-bond acceptors (Lipinski definition) is 6. The molecule has 0 spiro atoms. The highest BCUT2D eigenvalue weighted by Crippen LogP contribution is 2.08. The smallest absolute Gasteiger partial charge is 0.325 e. The van der Waals surface area contributed by atoms with Gasteiger partial charge in [0, 0.05) is 6.54 Å². The molecule has 0 radical (unpaired) electrons. The number of carbonyl (C=O) groups excluding carboxylic acids is 3. The molecular formula is C24H39N7O5. The number of carboxylic acids is 1. The average Bonchev–Trinajstić information content (AvgIpc) is 2.80. The summed E-state index contributed by atoms with van der Waals surface area (Å²) in [6, 6.07) is 5.23. The van der Waals surface area contributed by atoms with E-state index in [0.29, 0.717) is 19.3 Å². The van der Waals surface area contributed by atoms with Crippen LogP contribution in [0.3, 0.4) is 0 Å². The SMILES string of the molecule is CC(C)C[C@H](NC(=O)[C@@H](N)Cc1ccccc1)C(=O)N[C@@H](CCCNC(=N)N)C(=O)N[C@@H](C)C(=O)O. The van der Waals surface area contributed by atoms with Gasteiger partial charge in [-0.2, -0.15) is 0 Å². The molecule has 4 atom stereocenters. The highest BCUT2D eigenvalue weighted by Gasteiger charge is 2.29. The van der Waals surface area contributed by atoms with Gasteiger partial charge in [0.1, 0.15) is 18.1 Å². The van der Waals surface area contributed by atoms with Gasteiger partial charge >= 0.3 is 5.97 Å². The first-order valence-electron chi connectivity index (χ1n) is 11.9. The van der Waals surface area contributed by atoms with E-state index in [1.54, 1.807) is 0 Å². The van der Waals surface area contributed by atoms with Gasteiger partial charge in [-0.25, -0.2) is 0 Å². The first kappa shape index (κ1) is 30.4. The lowest BCUT2D eigenvalue weighted by Crippen LogP contribution is -2.57. The van der Waals surface area contributed by atoms with E-state index >= 15 is 0 Å². The van der Waals surface area contributed by atoms with E-state index in [0.717, 1.165) is 5.56 Å². The number of rotatable bonds is 15. The molecule has 0 unspecified atom stereocenters. The number of carbonyl (C=O) groups is 4. The molecule has 0 bridgehead atoms. The second-order valence-corrected chi connectivity index (χ2v) is 9.10. The molecule has 0 aliphatic carbocycles. The van der Waals surface area contributed by atoms with Gasteiger partial charge in [-0.15, -0.1) is 0 Å². The fraction of sp³-hybridized carbons (Fsp3) is 0.542. The summed E-state index contributed by atoms with van der Waals surface area (Å²) in [7, 11) is 0. The van der Waals surface area contributed by atoms with Crippen LogP contribution in [0.5, 0.6) is 0 Å². The Morgan fingerprint density at radius 1 is 0.944 bits per heavy atom. The largest absolute Gasteiger partial charge is 0.480 e. The van der Waals surface area contributed by atoms with E-state index < -0.39 is 47.9 Å². The molecule has 0 saturated carbocycles. The number of amides is 3. The van der Waals surface area contributed by atoms with Crippen molar-refractivity contribution in [1.29, 1.82) is 5.41 Å². The Kier molecular flexibility index (Phi) is 12.9. The van der Waals surface area contributed by atoms with Gasteiger partial charge in [0.25, 0.3) is 0 Å². The number of aliphatic carboxylic acids is 1. The second kappa shape index (κ2) is 15.4. The molecule has 0 aromatic heterocycles. The van der Waals surface area contributed by atoms with E-state index in [4.69, 9.17) is 22.0 Å². The summed E-state index contributed by atoms with van der Waals surface area (Å²) in [5.41, 5.74) is 12.2. The van der Waals surface area contributed by atoms with Crippen molar-refractivity contribution in [2.75, 3.05) is 6.54 Å². The molecule has 12 nitrogen and oxygen atoms in total. The maximum Gasteiger partial charge on any atom is 0.325 e.